The highest BCUT2D eigenvalue weighted by Gasteiger charge is 2.23. The molecule has 0 saturated heterocycles. The summed E-state index contributed by atoms with van der Waals surface area (Å²) in [6.07, 6.45) is 4.53. The van der Waals surface area contributed by atoms with Crippen LogP contribution in [-0.4, -0.2) is 37.0 Å². The molecule has 0 bridgehead atoms. The molecule has 1 fully saturated rings. The molecule has 96 valence electrons. The van der Waals surface area contributed by atoms with Gasteiger partial charge in [0, 0.05) is 25.3 Å². The van der Waals surface area contributed by atoms with Gasteiger partial charge in [-0.25, -0.2) is 0 Å². The van der Waals surface area contributed by atoms with E-state index in [1.807, 2.05) is 0 Å². The molecule has 1 rings (SSSR count). The van der Waals surface area contributed by atoms with E-state index in [9.17, 15) is 5.11 Å². The largest absolute Gasteiger partial charge is 0.395 e. The first kappa shape index (κ1) is 13.9. The normalized spacial score (nSPS) is 18.8. The first-order chi connectivity index (χ1) is 7.51. The van der Waals surface area contributed by atoms with Gasteiger partial charge in [-0.3, -0.25) is 0 Å². The average molecular weight is 229 g/mol. The van der Waals surface area contributed by atoms with Crippen LogP contribution in [0.15, 0.2) is 0 Å². The molecule has 0 amide bonds. The Kier molecular flexibility index (Phi) is 5.73. The lowest BCUT2D eigenvalue weighted by molar-refractivity contribution is 0.0932. The van der Waals surface area contributed by atoms with E-state index >= 15 is 0 Å². The van der Waals surface area contributed by atoms with Crippen molar-refractivity contribution in [2.45, 2.75) is 58.5 Å². The van der Waals surface area contributed by atoms with Gasteiger partial charge in [-0.15, -0.1) is 0 Å². The minimum Gasteiger partial charge on any atom is -0.395 e. The van der Waals surface area contributed by atoms with Crippen LogP contribution in [0, 0.1) is 5.41 Å². The van der Waals surface area contributed by atoms with E-state index in [-0.39, 0.29) is 12.6 Å². The number of hydrogen-bond donors (Lipinski definition) is 2. The summed E-state index contributed by atoms with van der Waals surface area (Å²) in [5.41, 5.74) is 0.350. The monoisotopic (exact) mass is 229 g/mol. The Hall–Kier alpha value is -0.120. The van der Waals surface area contributed by atoms with Gasteiger partial charge in [0.1, 0.15) is 0 Å². The number of rotatable bonds is 8. The van der Waals surface area contributed by atoms with Crippen LogP contribution in [0.4, 0.5) is 0 Å². The third kappa shape index (κ3) is 7.20. The number of hydrogen-bond acceptors (Lipinski definition) is 3. The Morgan fingerprint density at radius 2 is 2.00 bits per heavy atom. The fourth-order valence-electron chi connectivity index (χ4n) is 1.52. The summed E-state index contributed by atoms with van der Waals surface area (Å²) in [6, 6.07) is 0.883. The van der Waals surface area contributed by atoms with E-state index in [1.165, 1.54) is 12.8 Å². The van der Waals surface area contributed by atoms with Crippen molar-refractivity contribution in [3.05, 3.63) is 0 Å². The maximum atomic E-state index is 9.17. The number of nitrogens with one attached hydrogen (secondary N) is 1. The van der Waals surface area contributed by atoms with Crippen molar-refractivity contribution in [3.63, 3.8) is 0 Å². The second-order valence-electron chi connectivity index (χ2n) is 6.03. The van der Waals surface area contributed by atoms with Crippen molar-refractivity contribution in [1.82, 2.24) is 5.32 Å². The number of aliphatic hydroxyl groups excluding tert-OH is 1. The third-order valence-corrected chi connectivity index (χ3v) is 2.88. The Balaban J connectivity index is 1.95. The van der Waals surface area contributed by atoms with Gasteiger partial charge < -0.3 is 15.2 Å². The van der Waals surface area contributed by atoms with Gasteiger partial charge in [-0.1, -0.05) is 20.8 Å². The predicted octanol–water partition coefficient (Wildman–Crippen LogP) is 1.94. The molecule has 1 saturated carbocycles. The predicted molar refractivity (Wildman–Crippen MR) is 66.5 cm³/mol. The highest BCUT2D eigenvalue weighted by Crippen LogP contribution is 2.20. The molecule has 0 aliphatic heterocycles. The molecule has 0 spiro atoms. The standard InChI is InChI=1S/C13H27NO2/c1-13(2,3)7-9-16-8-6-12(10-15)14-11-4-5-11/h11-12,14-15H,4-10H2,1-3H3. The van der Waals surface area contributed by atoms with Crippen LogP contribution in [0.2, 0.25) is 0 Å². The van der Waals surface area contributed by atoms with Gasteiger partial charge >= 0.3 is 0 Å². The van der Waals surface area contributed by atoms with E-state index in [2.05, 4.69) is 26.1 Å². The van der Waals surface area contributed by atoms with Gasteiger partial charge in [0.25, 0.3) is 0 Å². The lowest BCUT2D eigenvalue weighted by Gasteiger charge is -2.19. The van der Waals surface area contributed by atoms with Crippen LogP contribution in [-0.2, 0) is 4.74 Å². The van der Waals surface area contributed by atoms with Gasteiger partial charge in [0.2, 0.25) is 0 Å². The van der Waals surface area contributed by atoms with Crippen molar-refractivity contribution in [2.24, 2.45) is 5.41 Å². The molecule has 1 atom stereocenters. The van der Waals surface area contributed by atoms with Crippen molar-refractivity contribution in [2.75, 3.05) is 19.8 Å². The molecule has 2 N–H and O–H groups in total. The fraction of sp³-hybridized carbons (Fsp3) is 1.00. The lowest BCUT2D eigenvalue weighted by Crippen LogP contribution is -2.35. The average Bonchev–Trinajstić information content (AvgIpc) is 2.97. The van der Waals surface area contributed by atoms with E-state index in [4.69, 9.17) is 4.74 Å². The first-order valence-electron chi connectivity index (χ1n) is 6.46. The van der Waals surface area contributed by atoms with E-state index in [0.29, 0.717) is 11.5 Å². The molecule has 1 unspecified atom stereocenters. The van der Waals surface area contributed by atoms with Gasteiger partial charge in [-0.05, 0) is 31.1 Å². The molecule has 1 aliphatic carbocycles. The second kappa shape index (κ2) is 6.58. The Labute approximate surface area is 99.6 Å². The van der Waals surface area contributed by atoms with Crippen LogP contribution in [0.3, 0.4) is 0 Å². The molecule has 1 aliphatic rings. The summed E-state index contributed by atoms with van der Waals surface area (Å²) in [5, 5.41) is 12.6. The summed E-state index contributed by atoms with van der Waals surface area (Å²) >= 11 is 0. The number of ether oxygens (including phenoxy) is 1. The molecule has 3 nitrogen and oxygen atoms in total. The van der Waals surface area contributed by atoms with Crippen molar-refractivity contribution in [1.29, 1.82) is 0 Å². The maximum Gasteiger partial charge on any atom is 0.0585 e. The molecule has 0 radical (unpaired) electrons. The molecule has 16 heavy (non-hydrogen) atoms. The number of aliphatic hydroxyl groups is 1. The van der Waals surface area contributed by atoms with Gasteiger partial charge in [0.15, 0.2) is 0 Å². The van der Waals surface area contributed by atoms with Crippen molar-refractivity contribution >= 4 is 0 Å². The maximum absolute atomic E-state index is 9.17. The molecule has 0 aromatic rings. The Morgan fingerprint density at radius 3 is 2.50 bits per heavy atom. The topological polar surface area (TPSA) is 41.5 Å². The molecule has 0 heterocycles. The fourth-order valence-corrected chi connectivity index (χ4v) is 1.52. The van der Waals surface area contributed by atoms with Crippen LogP contribution in [0.1, 0.15) is 46.5 Å². The quantitative estimate of drug-likeness (QED) is 0.625. The van der Waals surface area contributed by atoms with Crippen LogP contribution in [0.5, 0.6) is 0 Å². The minimum atomic E-state index is 0.221. The summed E-state index contributed by atoms with van der Waals surface area (Å²) < 4.78 is 5.59. The van der Waals surface area contributed by atoms with Crippen molar-refractivity contribution in [3.8, 4) is 0 Å². The zero-order valence-electron chi connectivity index (χ0n) is 11.0. The molecule has 3 heteroatoms. The summed E-state index contributed by atoms with van der Waals surface area (Å²) in [7, 11) is 0. The lowest BCUT2D eigenvalue weighted by atomic mass is 9.93. The SMILES string of the molecule is CC(C)(C)CCOCCC(CO)NC1CC1. The van der Waals surface area contributed by atoms with E-state index in [0.717, 1.165) is 26.1 Å². The van der Waals surface area contributed by atoms with Gasteiger partial charge in [0.05, 0.1) is 6.61 Å². The Bertz CT molecular complexity index is 185. The highest BCUT2D eigenvalue weighted by atomic mass is 16.5. The smallest absolute Gasteiger partial charge is 0.0585 e. The zero-order chi connectivity index (χ0) is 12.0. The summed E-state index contributed by atoms with van der Waals surface area (Å²) in [4.78, 5) is 0. The first-order valence-corrected chi connectivity index (χ1v) is 6.46. The highest BCUT2D eigenvalue weighted by molar-refractivity contribution is 4.84. The molecule has 0 aromatic carbocycles. The molecular formula is C13H27NO2. The second-order valence-corrected chi connectivity index (χ2v) is 6.03. The van der Waals surface area contributed by atoms with Crippen LogP contribution >= 0.6 is 0 Å². The van der Waals surface area contributed by atoms with E-state index in [1.54, 1.807) is 0 Å². The Morgan fingerprint density at radius 1 is 1.31 bits per heavy atom. The summed E-state index contributed by atoms with van der Waals surface area (Å²) in [5.74, 6) is 0. The zero-order valence-corrected chi connectivity index (χ0v) is 11.0. The van der Waals surface area contributed by atoms with Gasteiger partial charge in [-0.2, -0.15) is 0 Å². The van der Waals surface area contributed by atoms with E-state index < -0.39 is 0 Å². The van der Waals surface area contributed by atoms with Crippen LogP contribution < -0.4 is 5.32 Å². The third-order valence-electron chi connectivity index (χ3n) is 2.88. The molecule has 0 aromatic heterocycles. The summed E-state index contributed by atoms with van der Waals surface area (Å²) in [6.45, 7) is 8.47. The van der Waals surface area contributed by atoms with Crippen LogP contribution in [0.25, 0.3) is 0 Å². The minimum absolute atomic E-state index is 0.221. The van der Waals surface area contributed by atoms with Crippen molar-refractivity contribution < 1.29 is 9.84 Å². The molecular weight excluding hydrogens is 202 g/mol.